The second-order valence-electron chi connectivity index (χ2n) is 1.72. The van der Waals surface area contributed by atoms with Crippen LogP contribution in [0.3, 0.4) is 0 Å². The van der Waals surface area contributed by atoms with Crippen LogP contribution in [0.2, 0.25) is 0 Å². The number of nitrogens with one attached hydrogen (secondary N) is 1. The maximum absolute atomic E-state index is 10.5. The minimum atomic E-state index is -0.545. The van der Waals surface area contributed by atoms with E-state index in [1.165, 1.54) is 0 Å². The second-order valence-corrected chi connectivity index (χ2v) is 1.72. The number of nitriles is 1. The van der Waals surface area contributed by atoms with Crippen LogP contribution in [-0.4, -0.2) is 18.7 Å². The number of nitrogens with zero attached hydrogens (tertiary/aromatic N) is 1. The van der Waals surface area contributed by atoms with E-state index in [9.17, 15) is 4.79 Å². The molecule has 4 nitrogen and oxygen atoms in total. The van der Waals surface area contributed by atoms with Crippen molar-refractivity contribution in [3.63, 3.8) is 0 Å². The first-order valence-corrected chi connectivity index (χ1v) is 3.03. The van der Waals surface area contributed by atoms with Gasteiger partial charge in [0.25, 0.3) is 0 Å². The summed E-state index contributed by atoms with van der Waals surface area (Å²) >= 11 is 0. The van der Waals surface area contributed by atoms with E-state index in [4.69, 9.17) is 5.26 Å². The molecule has 0 aromatic rings. The average molecular weight is 142 g/mol. The molecule has 0 saturated carbocycles. The first kappa shape index (κ1) is 8.76. The van der Waals surface area contributed by atoms with Gasteiger partial charge in [0.1, 0.15) is 6.04 Å². The summed E-state index contributed by atoms with van der Waals surface area (Å²) in [6.45, 7) is 3.61. The molecule has 1 atom stereocenters. The molecule has 0 radical (unpaired) electrons. The Labute approximate surface area is 59.8 Å². The second kappa shape index (κ2) is 4.62. The number of hydrogen-bond donors (Lipinski definition) is 1. The van der Waals surface area contributed by atoms with Crippen molar-refractivity contribution in [2.24, 2.45) is 0 Å². The quantitative estimate of drug-likeness (QED) is 0.615. The Morgan fingerprint density at radius 3 is 2.90 bits per heavy atom. The van der Waals surface area contributed by atoms with Gasteiger partial charge in [-0.15, -0.1) is 0 Å². The van der Waals surface area contributed by atoms with Gasteiger partial charge in [-0.2, -0.15) is 5.26 Å². The van der Waals surface area contributed by atoms with Crippen LogP contribution < -0.4 is 5.32 Å². The molecule has 1 amide bonds. The van der Waals surface area contributed by atoms with Gasteiger partial charge in [0.2, 0.25) is 0 Å². The summed E-state index contributed by atoms with van der Waals surface area (Å²) in [7, 11) is 0. The van der Waals surface area contributed by atoms with Crippen LogP contribution in [0.25, 0.3) is 0 Å². The molecule has 0 heterocycles. The highest BCUT2D eigenvalue weighted by Gasteiger charge is 2.03. The molecule has 0 spiro atoms. The van der Waals surface area contributed by atoms with Crippen molar-refractivity contribution in [1.29, 1.82) is 5.26 Å². The zero-order chi connectivity index (χ0) is 7.98. The van der Waals surface area contributed by atoms with Crippen molar-refractivity contribution in [2.45, 2.75) is 19.9 Å². The molecule has 0 saturated heterocycles. The summed E-state index contributed by atoms with van der Waals surface area (Å²) in [5, 5.41) is 10.5. The van der Waals surface area contributed by atoms with E-state index in [2.05, 4.69) is 10.1 Å². The Morgan fingerprint density at radius 2 is 2.50 bits per heavy atom. The Morgan fingerprint density at radius 1 is 1.90 bits per heavy atom. The van der Waals surface area contributed by atoms with Gasteiger partial charge < -0.3 is 10.1 Å². The standard InChI is InChI=1S/C6H10N2O2/c1-3-10-6(9)8-5(2)4-7/h5H,3H2,1-2H3,(H,8,9)/t5-/m0/s1. The maximum atomic E-state index is 10.5. The highest BCUT2D eigenvalue weighted by Crippen LogP contribution is 1.80. The molecule has 0 rings (SSSR count). The Kier molecular flexibility index (Phi) is 4.05. The molecule has 10 heavy (non-hydrogen) atoms. The Bertz CT molecular complexity index is 150. The number of rotatable bonds is 2. The minimum absolute atomic E-state index is 0.323. The van der Waals surface area contributed by atoms with Gasteiger partial charge in [-0.3, -0.25) is 0 Å². The van der Waals surface area contributed by atoms with E-state index < -0.39 is 12.1 Å². The van der Waals surface area contributed by atoms with Crippen molar-refractivity contribution in [1.82, 2.24) is 5.32 Å². The molecule has 0 fully saturated rings. The van der Waals surface area contributed by atoms with Crippen molar-refractivity contribution in [3.8, 4) is 6.07 Å². The van der Waals surface area contributed by atoms with Crippen molar-refractivity contribution < 1.29 is 9.53 Å². The van der Waals surface area contributed by atoms with Crippen LogP contribution >= 0.6 is 0 Å². The number of carbonyl (C=O) groups is 1. The van der Waals surface area contributed by atoms with Gasteiger partial charge in [-0.1, -0.05) is 0 Å². The topological polar surface area (TPSA) is 62.1 Å². The van der Waals surface area contributed by atoms with Crippen molar-refractivity contribution in [2.75, 3.05) is 6.61 Å². The molecule has 4 heteroatoms. The molecule has 0 bridgehead atoms. The van der Waals surface area contributed by atoms with Crippen molar-refractivity contribution in [3.05, 3.63) is 0 Å². The number of ether oxygens (including phenoxy) is 1. The molecule has 0 aromatic carbocycles. The van der Waals surface area contributed by atoms with E-state index in [1.807, 2.05) is 6.07 Å². The summed E-state index contributed by atoms with van der Waals surface area (Å²) in [4.78, 5) is 10.5. The number of amides is 1. The van der Waals surface area contributed by atoms with Gasteiger partial charge in [0, 0.05) is 0 Å². The van der Waals surface area contributed by atoms with Gasteiger partial charge in [0.05, 0.1) is 12.7 Å². The van der Waals surface area contributed by atoms with Crippen LogP contribution in [0.5, 0.6) is 0 Å². The van der Waals surface area contributed by atoms with Gasteiger partial charge in [0.15, 0.2) is 0 Å². The summed E-state index contributed by atoms with van der Waals surface area (Å²) in [6, 6.07) is 1.36. The Hall–Kier alpha value is -1.24. The molecule has 0 aliphatic rings. The largest absolute Gasteiger partial charge is 0.450 e. The van der Waals surface area contributed by atoms with Crippen LogP contribution in [0.1, 0.15) is 13.8 Å². The first-order valence-electron chi connectivity index (χ1n) is 3.03. The lowest BCUT2D eigenvalue weighted by molar-refractivity contribution is 0.151. The highest BCUT2D eigenvalue weighted by atomic mass is 16.5. The third kappa shape index (κ3) is 3.72. The molecule has 1 N–H and O–H groups in total. The Balaban J connectivity index is 3.49. The van der Waals surface area contributed by atoms with E-state index in [0.717, 1.165) is 0 Å². The molecular formula is C6H10N2O2. The van der Waals surface area contributed by atoms with Crippen molar-refractivity contribution >= 4 is 6.09 Å². The van der Waals surface area contributed by atoms with Gasteiger partial charge >= 0.3 is 6.09 Å². The van der Waals surface area contributed by atoms with E-state index >= 15 is 0 Å². The van der Waals surface area contributed by atoms with Crippen LogP contribution in [0, 0.1) is 11.3 Å². The zero-order valence-electron chi connectivity index (χ0n) is 6.05. The zero-order valence-corrected chi connectivity index (χ0v) is 6.05. The average Bonchev–Trinajstić information content (AvgIpc) is 1.88. The lowest BCUT2D eigenvalue weighted by Gasteiger charge is -2.04. The number of carbonyl (C=O) groups excluding carboxylic acids is 1. The molecule has 0 unspecified atom stereocenters. The fourth-order valence-electron chi connectivity index (χ4n) is 0.382. The monoisotopic (exact) mass is 142 g/mol. The van der Waals surface area contributed by atoms with Crippen LogP contribution in [0.15, 0.2) is 0 Å². The summed E-state index contributed by atoms with van der Waals surface area (Å²) in [5.74, 6) is 0. The summed E-state index contributed by atoms with van der Waals surface area (Å²) in [5.41, 5.74) is 0. The predicted octanol–water partition coefficient (Wildman–Crippen LogP) is 0.645. The number of alkyl carbamates (subject to hydrolysis) is 1. The van der Waals surface area contributed by atoms with Crippen LogP contribution in [0.4, 0.5) is 4.79 Å². The van der Waals surface area contributed by atoms with Gasteiger partial charge in [-0.25, -0.2) is 4.79 Å². The summed E-state index contributed by atoms with van der Waals surface area (Å²) in [6.07, 6.45) is -0.545. The minimum Gasteiger partial charge on any atom is -0.450 e. The lowest BCUT2D eigenvalue weighted by Crippen LogP contribution is -2.31. The third-order valence-corrected chi connectivity index (χ3v) is 0.803. The molecule has 56 valence electrons. The summed E-state index contributed by atoms with van der Waals surface area (Å²) < 4.78 is 4.51. The molecule has 0 aromatic heterocycles. The fraction of sp³-hybridized carbons (Fsp3) is 0.667. The van der Waals surface area contributed by atoms with Crippen LogP contribution in [-0.2, 0) is 4.74 Å². The number of hydrogen-bond acceptors (Lipinski definition) is 3. The van der Waals surface area contributed by atoms with E-state index in [-0.39, 0.29) is 0 Å². The first-order chi connectivity index (χ1) is 4.70. The van der Waals surface area contributed by atoms with E-state index in [1.54, 1.807) is 13.8 Å². The normalized spacial score (nSPS) is 11.3. The highest BCUT2D eigenvalue weighted by molar-refractivity contribution is 5.67. The fourth-order valence-corrected chi connectivity index (χ4v) is 0.382. The molecule has 0 aliphatic heterocycles. The third-order valence-electron chi connectivity index (χ3n) is 0.803. The lowest BCUT2D eigenvalue weighted by atomic mass is 10.4. The maximum Gasteiger partial charge on any atom is 0.408 e. The van der Waals surface area contributed by atoms with Gasteiger partial charge in [-0.05, 0) is 13.8 Å². The molecule has 0 aliphatic carbocycles. The predicted molar refractivity (Wildman–Crippen MR) is 35.2 cm³/mol. The molecular weight excluding hydrogens is 132 g/mol. The SMILES string of the molecule is CCOC(=O)N[C@@H](C)C#N. The van der Waals surface area contributed by atoms with E-state index in [0.29, 0.717) is 6.61 Å². The smallest absolute Gasteiger partial charge is 0.408 e.